The average molecular weight is 383 g/mol. The number of nitrogens with zero attached hydrogens (tertiary/aromatic N) is 2. The zero-order valence-electron chi connectivity index (χ0n) is 13.9. The minimum atomic E-state index is -4.60. The van der Waals surface area contributed by atoms with Gasteiger partial charge in [-0.2, -0.15) is 18.2 Å². The van der Waals surface area contributed by atoms with Crippen LogP contribution in [0.15, 0.2) is 47.4 Å². The molecule has 1 amide bonds. The Bertz CT molecular complexity index is 870. The van der Waals surface area contributed by atoms with Crippen molar-refractivity contribution in [3.63, 3.8) is 0 Å². The first-order valence-corrected chi connectivity index (χ1v) is 8.08. The summed E-state index contributed by atoms with van der Waals surface area (Å²) in [5.74, 6) is -2.55. The lowest BCUT2D eigenvalue weighted by Gasteiger charge is -2.22. The largest absolute Gasteiger partial charge is 0.396 e. The highest BCUT2D eigenvalue weighted by Gasteiger charge is 2.52. The molecule has 1 saturated heterocycles. The molecule has 0 bridgehead atoms. The second-order valence-electron chi connectivity index (χ2n) is 6.04. The fraction of sp³-hybridized carbons (Fsp3) is 0.353. The van der Waals surface area contributed by atoms with Crippen molar-refractivity contribution in [3.8, 4) is 0 Å². The van der Waals surface area contributed by atoms with Gasteiger partial charge in [-0.25, -0.2) is 4.79 Å². The number of nitrogens with one attached hydrogen (secondary N) is 1. The SMILES string of the molecule is O=C(Nc1ccn([C@H]2O[C@H](CO)C[C@@H]2C(F)(F)F)c(=O)n1)c1ccccc1. The third-order valence-corrected chi connectivity index (χ3v) is 4.20. The van der Waals surface area contributed by atoms with Crippen molar-refractivity contribution in [1.82, 2.24) is 9.55 Å². The van der Waals surface area contributed by atoms with Gasteiger partial charge in [-0.05, 0) is 24.6 Å². The molecule has 1 fully saturated rings. The van der Waals surface area contributed by atoms with E-state index in [9.17, 15) is 22.8 Å². The van der Waals surface area contributed by atoms with E-state index < -0.39 is 49.1 Å². The van der Waals surface area contributed by atoms with Crippen LogP contribution in [0.2, 0.25) is 0 Å². The lowest BCUT2D eigenvalue weighted by Crippen LogP contribution is -2.35. The van der Waals surface area contributed by atoms with E-state index in [1.165, 1.54) is 6.07 Å². The number of aromatic nitrogens is 2. The fourth-order valence-electron chi connectivity index (χ4n) is 2.87. The number of rotatable bonds is 4. The van der Waals surface area contributed by atoms with E-state index in [4.69, 9.17) is 9.84 Å². The summed E-state index contributed by atoms with van der Waals surface area (Å²) in [6, 6.07) is 9.39. The van der Waals surface area contributed by atoms with E-state index in [-0.39, 0.29) is 5.82 Å². The predicted octanol–water partition coefficient (Wildman–Crippen LogP) is 1.95. The van der Waals surface area contributed by atoms with Gasteiger partial charge in [0.25, 0.3) is 5.91 Å². The molecule has 3 rings (SSSR count). The van der Waals surface area contributed by atoms with Gasteiger partial charge in [-0.3, -0.25) is 9.36 Å². The molecule has 144 valence electrons. The molecule has 1 aromatic heterocycles. The van der Waals surface area contributed by atoms with Crippen LogP contribution < -0.4 is 11.0 Å². The van der Waals surface area contributed by atoms with Crippen LogP contribution in [0.25, 0.3) is 0 Å². The number of ether oxygens (including phenoxy) is 1. The molecule has 1 aliphatic heterocycles. The Morgan fingerprint density at radius 3 is 2.59 bits per heavy atom. The zero-order valence-corrected chi connectivity index (χ0v) is 13.9. The van der Waals surface area contributed by atoms with Crippen LogP contribution in [0, 0.1) is 5.92 Å². The van der Waals surface area contributed by atoms with Gasteiger partial charge in [0.2, 0.25) is 0 Å². The fourth-order valence-corrected chi connectivity index (χ4v) is 2.87. The minimum Gasteiger partial charge on any atom is -0.394 e. The van der Waals surface area contributed by atoms with E-state index in [0.717, 1.165) is 6.20 Å². The second-order valence-corrected chi connectivity index (χ2v) is 6.04. The molecule has 0 unspecified atom stereocenters. The number of halogens is 3. The summed E-state index contributed by atoms with van der Waals surface area (Å²) in [6.07, 6.45) is -6.62. The maximum Gasteiger partial charge on any atom is 0.396 e. The number of alkyl halides is 3. The number of hydrogen-bond donors (Lipinski definition) is 2. The van der Waals surface area contributed by atoms with Crippen molar-refractivity contribution in [2.24, 2.45) is 5.92 Å². The molecule has 10 heteroatoms. The molecule has 2 N–H and O–H groups in total. The van der Waals surface area contributed by atoms with Gasteiger partial charge in [-0.15, -0.1) is 0 Å². The monoisotopic (exact) mass is 383 g/mol. The van der Waals surface area contributed by atoms with Gasteiger partial charge < -0.3 is 15.2 Å². The van der Waals surface area contributed by atoms with Gasteiger partial charge in [0.15, 0.2) is 0 Å². The molecule has 1 aliphatic rings. The third-order valence-electron chi connectivity index (χ3n) is 4.20. The predicted molar refractivity (Wildman–Crippen MR) is 88.0 cm³/mol. The summed E-state index contributed by atoms with van der Waals surface area (Å²) in [7, 11) is 0. The number of aliphatic hydroxyl groups is 1. The average Bonchev–Trinajstić information content (AvgIpc) is 3.07. The third kappa shape index (κ3) is 4.17. The summed E-state index contributed by atoms with van der Waals surface area (Å²) in [5, 5.41) is 11.5. The van der Waals surface area contributed by atoms with E-state index in [1.54, 1.807) is 30.3 Å². The van der Waals surface area contributed by atoms with Gasteiger partial charge in [0.05, 0.1) is 12.7 Å². The quantitative estimate of drug-likeness (QED) is 0.842. The lowest BCUT2D eigenvalue weighted by molar-refractivity contribution is -0.198. The first-order chi connectivity index (χ1) is 12.8. The van der Waals surface area contributed by atoms with Crippen molar-refractivity contribution in [3.05, 3.63) is 58.6 Å². The van der Waals surface area contributed by atoms with E-state index in [0.29, 0.717) is 10.1 Å². The highest BCUT2D eigenvalue weighted by molar-refractivity contribution is 6.03. The Morgan fingerprint density at radius 2 is 2.00 bits per heavy atom. The lowest BCUT2D eigenvalue weighted by atomic mass is 10.0. The van der Waals surface area contributed by atoms with Gasteiger partial charge in [-0.1, -0.05) is 18.2 Å². The molecule has 1 aromatic carbocycles. The number of carbonyl (C=O) groups excluding carboxylic acids is 1. The van der Waals surface area contributed by atoms with Crippen LogP contribution in [-0.2, 0) is 4.74 Å². The number of aliphatic hydroxyl groups excluding tert-OH is 1. The molecule has 0 aliphatic carbocycles. The van der Waals surface area contributed by atoms with Gasteiger partial charge >= 0.3 is 11.9 Å². The number of hydrogen-bond acceptors (Lipinski definition) is 5. The molecule has 2 heterocycles. The molecule has 27 heavy (non-hydrogen) atoms. The van der Waals surface area contributed by atoms with Crippen LogP contribution in [0.3, 0.4) is 0 Å². The Hall–Kier alpha value is -2.72. The molecule has 2 aromatic rings. The summed E-state index contributed by atoms with van der Waals surface area (Å²) >= 11 is 0. The molecule has 7 nitrogen and oxygen atoms in total. The number of benzene rings is 1. The van der Waals surface area contributed by atoms with Crippen molar-refractivity contribution in [2.45, 2.75) is 24.9 Å². The first kappa shape index (κ1) is 19.1. The summed E-state index contributed by atoms with van der Waals surface area (Å²) in [6.45, 7) is -0.587. The van der Waals surface area contributed by atoms with Gasteiger partial charge in [0, 0.05) is 11.8 Å². The van der Waals surface area contributed by atoms with E-state index in [1.807, 2.05) is 0 Å². The second kappa shape index (κ2) is 7.49. The standard InChI is InChI=1S/C17H16F3N3O4/c18-17(19,20)12-8-11(9-24)27-15(12)23-7-6-13(22-16(23)26)21-14(25)10-4-2-1-3-5-10/h1-7,11-12,15,24H,8-9H2,(H,21,22,25,26)/t11-,12-,15-/m0/s1. The molecule has 0 spiro atoms. The Morgan fingerprint density at radius 1 is 1.30 bits per heavy atom. The topological polar surface area (TPSA) is 93.5 Å². The molecule has 0 radical (unpaired) electrons. The number of anilines is 1. The minimum absolute atomic E-state index is 0.0923. The van der Waals surface area contributed by atoms with E-state index in [2.05, 4.69) is 10.3 Å². The smallest absolute Gasteiger partial charge is 0.394 e. The van der Waals surface area contributed by atoms with Crippen molar-refractivity contribution in [1.29, 1.82) is 0 Å². The zero-order chi connectivity index (χ0) is 19.6. The van der Waals surface area contributed by atoms with Crippen LogP contribution >= 0.6 is 0 Å². The van der Waals surface area contributed by atoms with Crippen molar-refractivity contribution in [2.75, 3.05) is 11.9 Å². The van der Waals surface area contributed by atoms with Crippen molar-refractivity contribution < 1.29 is 27.8 Å². The molecule has 0 saturated carbocycles. The van der Waals surface area contributed by atoms with Crippen molar-refractivity contribution >= 4 is 11.7 Å². The first-order valence-electron chi connectivity index (χ1n) is 8.08. The summed E-state index contributed by atoms with van der Waals surface area (Å²) < 4.78 is 45.6. The Balaban J connectivity index is 1.82. The van der Waals surface area contributed by atoms with Gasteiger partial charge in [0.1, 0.15) is 18.0 Å². The normalized spacial score (nSPS) is 22.6. The molecular weight excluding hydrogens is 367 g/mol. The molecular formula is C17H16F3N3O4. The number of amides is 1. The van der Waals surface area contributed by atoms with Crippen LogP contribution in [-0.4, -0.2) is 39.5 Å². The van der Waals surface area contributed by atoms with Crippen LogP contribution in [0.5, 0.6) is 0 Å². The maximum absolute atomic E-state index is 13.2. The Kier molecular flexibility index (Phi) is 5.29. The summed E-state index contributed by atoms with van der Waals surface area (Å²) in [4.78, 5) is 27.9. The van der Waals surface area contributed by atoms with E-state index >= 15 is 0 Å². The highest BCUT2D eigenvalue weighted by atomic mass is 19.4. The van der Waals surface area contributed by atoms with Crippen LogP contribution in [0.4, 0.5) is 19.0 Å². The van der Waals surface area contributed by atoms with Crippen LogP contribution in [0.1, 0.15) is 23.0 Å². The Labute approximate surface area is 151 Å². The maximum atomic E-state index is 13.2. The summed E-state index contributed by atoms with van der Waals surface area (Å²) in [5.41, 5.74) is -0.663. The number of carbonyl (C=O) groups is 1. The molecule has 3 atom stereocenters. The highest BCUT2D eigenvalue weighted by Crippen LogP contribution is 2.44.